The number of pyridine rings is 1. The van der Waals surface area contributed by atoms with Crippen LogP contribution in [0.15, 0.2) is 51.7 Å². The lowest BCUT2D eigenvalue weighted by Crippen LogP contribution is -2.32. The highest BCUT2D eigenvalue weighted by Crippen LogP contribution is 2.32. The number of carbonyl (C=O) groups excluding carboxylic acids is 1. The molecular weight excluding hydrogens is 396 g/mol. The van der Waals surface area contributed by atoms with Crippen molar-refractivity contribution in [3.63, 3.8) is 0 Å². The second-order valence-electron chi connectivity index (χ2n) is 5.14. The van der Waals surface area contributed by atoms with Crippen molar-refractivity contribution < 1.29 is 4.79 Å². The Morgan fingerprint density at radius 3 is 2.52 bits per heavy atom. The van der Waals surface area contributed by atoms with Crippen molar-refractivity contribution in [1.29, 1.82) is 0 Å². The van der Waals surface area contributed by atoms with Gasteiger partial charge < -0.3 is 4.90 Å². The lowest BCUT2D eigenvalue weighted by atomic mass is 10.1. The van der Waals surface area contributed by atoms with E-state index in [1.807, 2.05) is 35.2 Å². The molecule has 1 saturated carbocycles. The summed E-state index contributed by atoms with van der Waals surface area (Å²) in [7, 11) is 0. The van der Waals surface area contributed by atoms with Crippen LogP contribution in [0.2, 0.25) is 0 Å². The van der Waals surface area contributed by atoms with Gasteiger partial charge in [0.1, 0.15) is 0 Å². The minimum atomic E-state index is 0.0775. The monoisotopic (exact) mass is 408 g/mol. The number of amides is 1. The molecule has 0 aliphatic heterocycles. The average molecular weight is 410 g/mol. The molecular formula is C16H14Br2N2O. The minimum absolute atomic E-state index is 0.0775. The van der Waals surface area contributed by atoms with Crippen molar-refractivity contribution in [3.05, 3.63) is 62.8 Å². The number of hydrogen-bond donors (Lipinski definition) is 0. The third-order valence-electron chi connectivity index (χ3n) is 3.51. The molecule has 0 N–H and O–H groups in total. The highest BCUT2D eigenvalue weighted by atomic mass is 79.9. The molecule has 0 spiro atoms. The first-order chi connectivity index (χ1) is 10.1. The zero-order valence-electron chi connectivity index (χ0n) is 11.3. The van der Waals surface area contributed by atoms with Gasteiger partial charge in [0.15, 0.2) is 0 Å². The molecule has 108 valence electrons. The van der Waals surface area contributed by atoms with E-state index in [1.165, 1.54) is 0 Å². The summed E-state index contributed by atoms with van der Waals surface area (Å²) in [6.45, 7) is 0.633. The third-order valence-corrected chi connectivity index (χ3v) is 4.66. The number of nitrogens with zero attached hydrogens (tertiary/aromatic N) is 2. The van der Waals surface area contributed by atoms with Crippen LogP contribution in [0.4, 0.5) is 0 Å². The third kappa shape index (κ3) is 3.52. The SMILES string of the molecule is O=C(c1ccc(Br)cc1Br)N(Cc1ccncc1)C1CC1. The molecule has 1 heterocycles. The average Bonchev–Trinajstić information content (AvgIpc) is 3.30. The predicted molar refractivity (Wildman–Crippen MR) is 89.0 cm³/mol. The van der Waals surface area contributed by atoms with E-state index in [4.69, 9.17) is 0 Å². The fourth-order valence-electron chi connectivity index (χ4n) is 2.26. The number of hydrogen-bond acceptors (Lipinski definition) is 2. The fraction of sp³-hybridized carbons (Fsp3) is 0.250. The topological polar surface area (TPSA) is 33.2 Å². The zero-order valence-corrected chi connectivity index (χ0v) is 14.5. The molecule has 2 aromatic rings. The van der Waals surface area contributed by atoms with Gasteiger partial charge in [0.05, 0.1) is 5.56 Å². The Bertz CT molecular complexity index is 657. The normalized spacial score (nSPS) is 14.0. The largest absolute Gasteiger partial charge is 0.331 e. The first kappa shape index (κ1) is 14.7. The Kier molecular flexibility index (Phi) is 4.40. The fourth-order valence-corrected chi connectivity index (χ4v) is 3.47. The van der Waals surface area contributed by atoms with Crippen LogP contribution in [0, 0.1) is 0 Å². The molecule has 0 bridgehead atoms. The molecule has 0 radical (unpaired) electrons. The zero-order chi connectivity index (χ0) is 14.8. The van der Waals surface area contributed by atoms with E-state index in [0.717, 1.165) is 27.4 Å². The minimum Gasteiger partial charge on any atom is -0.331 e. The van der Waals surface area contributed by atoms with Crippen molar-refractivity contribution >= 4 is 37.8 Å². The van der Waals surface area contributed by atoms with E-state index in [0.29, 0.717) is 18.2 Å². The lowest BCUT2D eigenvalue weighted by molar-refractivity contribution is 0.0729. The van der Waals surface area contributed by atoms with E-state index in [1.54, 1.807) is 12.4 Å². The van der Waals surface area contributed by atoms with E-state index < -0.39 is 0 Å². The Balaban J connectivity index is 1.85. The van der Waals surface area contributed by atoms with Crippen molar-refractivity contribution in [2.45, 2.75) is 25.4 Å². The molecule has 1 aromatic heterocycles. The molecule has 1 aliphatic carbocycles. The van der Waals surface area contributed by atoms with Gasteiger partial charge in [-0.2, -0.15) is 0 Å². The van der Waals surface area contributed by atoms with Gasteiger partial charge in [0.25, 0.3) is 5.91 Å². The van der Waals surface area contributed by atoms with Gasteiger partial charge in [-0.3, -0.25) is 9.78 Å². The van der Waals surface area contributed by atoms with Crippen molar-refractivity contribution in [1.82, 2.24) is 9.88 Å². The summed E-state index contributed by atoms with van der Waals surface area (Å²) in [5.74, 6) is 0.0775. The van der Waals surface area contributed by atoms with Crippen LogP contribution in [-0.4, -0.2) is 21.8 Å². The summed E-state index contributed by atoms with van der Waals surface area (Å²) in [4.78, 5) is 18.8. The molecule has 1 aromatic carbocycles. The van der Waals surface area contributed by atoms with Crippen molar-refractivity contribution in [2.75, 3.05) is 0 Å². The van der Waals surface area contributed by atoms with Crippen LogP contribution in [-0.2, 0) is 6.54 Å². The Hall–Kier alpha value is -1.20. The van der Waals surface area contributed by atoms with Crippen molar-refractivity contribution in [3.8, 4) is 0 Å². The maximum Gasteiger partial charge on any atom is 0.255 e. The smallest absolute Gasteiger partial charge is 0.255 e. The highest BCUT2D eigenvalue weighted by molar-refractivity contribution is 9.11. The molecule has 1 aliphatic rings. The number of rotatable bonds is 4. The quantitative estimate of drug-likeness (QED) is 0.749. The van der Waals surface area contributed by atoms with Gasteiger partial charge in [0, 0.05) is 33.9 Å². The first-order valence-corrected chi connectivity index (χ1v) is 8.38. The summed E-state index contributed by atoms with van der Waals surface area (Å²) in [6, 6.07) is 9.94. The van der Waals surface area contributed by atoms with Crippen LogP contribution in [0.3, 0.4) is 0 Å². The van der Waals surface area contributed by atoms with E-state index in [-0.39, 0.29) is 5.91 Å². The maximum atomic E-state index is 12.8. The molecule has 0 saturated heterocycles. The van der Waals surface area contributed by atoms with Gasteiger partial charge in [-0.15, -0.1) is 0 Å². The number of carbonyl (C=O) groups is 1. The van der Waals surface area contributed by atoms with Crippen LogP contribution in [0.25, 0.3) is 0 Å². The molecule has 0 unspecified atom stereocenters. The molecule has 1 fully saturated rings. The van der Waals surface area contributed by atoms with Gasteiger partial charge in [-0.25, -0.2) is 0 Å². The molecule has 21 heavy (non-hydrogen) atoms. The molecule has 5 heteroatoms. The maximum absolute atomic E-state index is 12.8. The van der Waals surface area contributed by atoms with Gasteiger partial charge in [-0.05, 0) is 64.7 Å². The molecule has 0 atom stereocenters. The summed E-state index contributed by atoms with van der Waals surface area (Å²) in [5, 5.41) is 0. The summed E-state index contributed by atoms with van der Waals surface area (Å²) in [6.07, 6.45) is 5.71. The summed E-state index contributed by atoms with van der Waals surface area (Å²) in [5.41, 5.74) is 1.82. The highest BCUT2D eigenvalue weighted by Gasteiger charge is 2.33. The van der Waals surface area contributed by atoms with Crippen molar-refractivity contribution in [2.24, 2.45) is 0 Å². The van der Waals surface area contributed by atoms with Gasteiger partial charge >= 0.3 is 0 Å². The summed E-state index contributed by atoms with van der Waals surface area (Å²) < 4.78 is 1.78. The van der Waals surface area contributed by atoms with Crippen LogP contribution in [0.1, 0.15) is 28.8 Å². The first-order valence-electron chi connectivity index (χ1n) is 6.80. The van der Waals surface area contributed by atoms with Crippen LogP contribution >= 0.6 is 31.9 Å². The predicted octanol–water partition coefficient (Wildman–Crippen LogP) is 4.41. The van der Waals surface area contributed by atoms with Crippen LogP contribution < -0.4 is 0 Å². The van der Waals surface area contributed by atoms with Gasteiger partial charge in [-0.1, -0.05) is 15.9 Å². The Labute approximate surface area is 140 Å². The van der Waals surface area contributed by atoms with Crippen LogP contribution in [0.5, 0.6) is 0 Å². The standard InChI is InChI=1S/C16H14Br2N2O/c17-12-1-4-14(15(18)9-12)16(21)20(13-2-3-13)10-11-5-7-19-8-6-11/h1,4-9,13H,2-3,10H2. The second-order valence-corrected chi connectivity index (χ2v) is 6.91. The number of halogens is 2. The second kappa shape index (κ2) is 6.28. The van der Waals surface area contributed by atoms with E-state index in [2.05, 4.69) is 36.8 Å². The molecule has 3 rings (SSSR count). The number of benzene rings is 1. The molecule has 3 nitrogen and oxygen atoms in total. The summed E-state index contributed by atoms with van der Waals surface area (Å²) >= 11 is 6.90. The number of aromatic nitrogens is 1. The van der Waals surface area contributed by atoms with E-state index in [9.17, 15) is 4.79 Å². The van der Waals surface area contributed by atoms with E-state index >= 15 is 0 Å². The van der Waals surface area contributed by atoms with Gasteiger partial charge in [0.2, 0.25) is 0 Å². The lowest BCUT2D eigenvalue weighted by Gasteiger charge is -2.23. The Morgan fingerprint density at radius 2 is 1.90 bits per heavy atom. The molecule has 1 amide bonds. The Morgan fingerprint density at radius 1 is 1.19 bits per heavy atom.